The Bertz CT molecular complexity index is 783. The minimum Gasteiger partial charge on any atom is -0.393 e. The van der Waals surface area contributed by atoms with E-state index in [4.69, 9.17) is 0 Å². The number of likely N-dealkylation sites (tertiary alicyclic amines) is 1. The maximum atomic E-state index is 11.6. The minimum atomic E-state index is -0.331. The van der Waals surface area contributed by atoms with Crippen molar-refractivity contribution >= 4 is 5.91 Å². The van der Waals surface area contributed by atoms with Crippen LogP contribution < -0.4 is 0 Å². The van der Waals surface area contributed by atoms with Crippen molar-refractivity contribution in [3.63, 3.8) is 0 Å². The fourth-order valence-corrected chi connectivity index (χ4v) is 4.84. The molecule has 28 heavy (non-hydrogen) atoms. The van der Waals surface area contributed by atoms with Crippen molar-refractivity contribution in [1.82, 2.24) is 9.80 Å². The van der Waals surface area contributed by atoms with Gasteiger partial charge in [-0.2, -0.15) is 0 Å². The molecule has 0 aromatic heterocycles. The number of hydrogen-bond acceptors (Lipinski definition) is 3. The monoisotopic (exact) mass is 380 g/mol. The Kier molecular flexibility index (Phi) is 5.86. The van der Waals surface area contributed by atoms with E-state index in [2.05, 4.69) is 41.3 Å². The van der Waals surface area contributed by atoms with Crippen LogP contribution in [-0.4, -0.2) is 53.1 Å². The van der Waals surface area contributed by atoms with Gasteiger partial charge in [0.05, 0.1) is 6.10 Å². The standard InChI is InChI=1S/C24H32N2O2/c1-18(27)26-11-3-4-20(17-26)16-24(28)15-19-7-8-21-9-12-25(23-5-2-6-23)13-10-22(21)14-19/h2,5-8,14,20,24,28H,3-4,9-13,15-17H2,1H3. The van der Waals surface area contributed by atoms with Crippen molar-refractivity contribution in [2.75, 3.05) is 26.2 Å². The molecule has 1 aromatic carbocycles. The summed E-state index contributed by atoms with van der Waals surface area (Å²) in [6.45, 7) is 5.47. The molecule has 3 aliphatic rings. The number of nitrogens with zero attached hydrogens (tertiary/aromatic N) is 2. The van der Waals surface area contributed by atoms with Gasteiger partial charge in [0.15, 0.2) is 0 Å². The molecular weight excluding hydrogens is 348 g/mol. The van der Waals surface area contributed by atoms with Crippen molar-refractivity contribution in [2.24, 2.45) is 5.92 Å². The molecule has 2 unspecified atom stereocenters. The van der Waals surface area contributed by atoms with E-state index in [-0.39, 0.29) is 12.0 Å². The summed E-state index contributed by atoms with van der Waals surface area (Å²) in [4.78, 5) is 16.0. The van der Waals surface area contributed by atoms with Gasteiger partial charge in [-0.15, -0.1) is 0 Å². The van der Waals surface area contributed by atoms with Gasteiger partial charge in [-0.25, -0.2) is 0 Å². The van der Waals surface area contributed by atoms with E-state index in [1.807, 2.05) is 4.90 Å². The summed E-state index contributed by atoms with van der Waals surface area (Å²) in [6.07, 6.45) is 12.0. The van der Waals surface area contributed by atoms with Gasteiger partial charge in [0.25, 0.3) is 0 Å². The number of fused-ring (bicyclic) bond motifs is 1. The van der Waals surface area contributed by atoms with Gasteiger partial charge in [0.2, 0.25) is 5.91 Å². The minimum absolute atomic E-state index is 0.159. The summed E-state index contributed by atoms with van der Waals surface area (Å²) < 4.78 is 0. The number of aliphatic hydroxyl groups excluding tert-OH is 1. The Morgan fingerprint density at radius 2 is 2.00 bits per heavy atom. The Labute approximate surface area is 168 Å². The van der Waals surface area contributed by atoms with Crippen LogP contribution in [0, 0.1) is 5.92 Å². The first-order chi connectivity index (χ1) is 13.6. The molecule has 1 amide bonds. The quantitative estimate of drug-likeness (QED) is 0.854. The van der Waals surface area contributed by atoms with Crippen LogP contribution in [0.4, 0.5) is 0 Å². The fraction of sp³-hybridized carbons (Fsp3) is 0.542. The lowest BCUT2D eigenvalue weighted by molar-refractivity contribution is -0.130. The van der Waals surface area contributed by atoms with Crippen LogP contribution >= 0.6 is 0 Å². The van der Waals surface area contributed by atoms with Crippen molar-refractivity contribution in [3.05, 3.63) is 58.8 Å². The van der Waals surface area contributed by atoms with E-state index in [1.165, 1.54) is 22.4 Å². The molecule has 1 aromatic rings. The Morgan fingerprint density at radius 1 is 1.21 bits per heavy atom. The van der Waals surface area contributed by atoms with Gasteiger partial charge in [0, 0.05) is 38.8 Å². The summed E-state index contributed by atoms with van der Waals surface area (Å²) in [5, 5.41) is 10.7. The third-order valence-electron chi connectivity index (χ3n) is 6.51. The number of benzene rings is 1. The highest BCUT2D eigenvalue weighted by atomic mass is 16.3. The van der Waals surface area contributed by atoms with Gasteiger partial charge in [-0.3, -0.25) is 4.79 Å². The van der Waals surface area contributed by atoms with Crippen LogP contribution in [-0.2, 0) is 24.1 Å². The molecule has 1 aliphatic carbocycles. The van der Waals surface area contributed by atoms with Crippen molar-refractivity contribution in [2.45, 2.75) is 51.6 Å². The normalized spacial score (nSPS) is 22.8. The van der Waals surface area contributed by atoms with Crippen LogP contribution in [0.3, 0.4) is 0 Å². The number of carbonyl (C=O) groups excluding carboxylic acids is 1. The number of hydrogen-bond donors (Lipinski definition) is 1. The van der Waals surface area contributed by atoms with Crippen molar-refractivity contribution in [1.29, 1.82) is 0 Å². The maximum Gasteiger partial charge on any atom is 0.219 e. The van der Waals surface area contributed by atoms with E-state index < -0.39 is 0 Å². The number of aliphatic hydroxyl groups is 1. The van der Waals surface area contributed by atoms with Crippen LogP contribution in [0.25, 0.3) is 0 Å². The number of rotatable bonds is 5. The Hall–Kier alpha value is -2.07. The molecular formula is C24H32N2O2. The van der Waals surface area contributed by atoms with Gasteiger partial charge in [-0.05, 0) is 73.3 Å². The molecule has 0 spiro atoms. The van der Waals surface area contributed by atoms with Crippen LogP contribution in [0.15, 0.2) is 42.1 Å². The second-order valence-electron chi connectivity index (χ2n) is 8.61. The lowest BCUT2D eigenvalue weighted by Gasteiger charge is -2.33. The number of carbonyl (C=O) groups is 1. The molecule has 1 N–H and O–H groups in total. The number of amides is 1. The Morgan fingerprint density at radius 3 is 2.71 bits per heavy atom. The summed E-state index contributed by atoms with van der Waals surface area (Å²) in [5.74, 6) is 0.581. The summed E-state index contributed by atoms with van der Waals surface area (Å²) in [6, 6.07) is 6.78. The second-order valence-corrected chi connectivity index (χ2v) is 8.61. The van der Waals surface area contributed by atoms with E-state index >= 15 is 0 Å². The highest BCUT2D eigenvalue weighted by Gasteiger charge is 2.24. The SMILES string of the molecule is CC(=O)N1CCCC(CC(O)Cc2ccc3c(c2)CCN(C2=CC=C2)CC3)C1. The fourth-order valence-electron chi connectivity index (χ4n) is 4.84. The number of piperidine rings is 1. The van der Waals surface area contributed by atoms with Gasteiger partial charge in [0.1, 0.15) is 0 Å². The second kappa shape index (κ2) is 8.52. The average Bonchev–Trinajstić information content (AvgIpc) is 2.83. The molecule has 4 rings (SSSR count). The predicted molar refractivity (Wildman–Crippen MR) is 112 cm³/mol. The third-order valence-corrected chi connectivity index (χ3v) is 6.51. The smallest absolute Gasteiger partial charge is 0.219 e. The van der Waals surface area contributed by atoms with E-state index in [0.29, 0.717) is 12.3 Å². The molecule has 2 aliphatic heterocycles. The highest BCUT2D eigenvalue weighted by molar-refractivity contribution is 5.73. The molecule has 4 heteroatoms. The van der Waals surface area contributed by atoms with Crippen molar-refractivity contribution < 1.29 is 9.90 Å². The summed E-state index contributed by atoms with van der Waals surface area (Å²) >= 11 is 0. The first-order valence-electron chi connectivity index (χ1n) is 10.8. The largest absolute Gasteiger partial charge is 0.393 e. The zero-order chi connectivity index (χ0) is 19.5. The third kappa shape index (κ3) is 4.49. The lowest BCUT2D eigenvalue weighted by atomic mass is 9.89. The molecule has 0 saturated carbocycles. The van der Waals surface area contributed by atoms with Gasteiger partial charge >= 0.3 is 0 Å². The van der Waals surface area contributed by atoms with Crippen molar-refractivity contribution in [3.8, 4) is 0 Å². The Balaban J connectivity index is 1.33. The lowest BCUT2D eigenvalue weighted by Crippen LogP contribution is -2.39. The first-order valence-corrected chi connectivity index (χ1v) is 10.8. The zero-order valence-electron chi connectivity index (χ0n) is 16.9. The molecule has 1 saturated heterocycles. The topological polar surface area (TPSA) is 43.8 Å². The van der Waals surface area contributed by atoms with Gasteiger partial charge in [-0.1, -0.05) is 24.3 Å². The number of allylic oxidation sites excluding steroid dienone is 3. The van der Waals surface area contributed by atoms with Gasteiger partial charge < -0.3 is 14.9 Å². The first kappa shape index (κ1) is 19.3. The maximum absolute atomic E-state index is 11.6. The highest BCUT2D eigenvalue weighted by Crippen LogP contribution is 2.25. The zero-order valence-corrected chi connectivity index (χ0v) is 16.9. The molecule has 4 nitrogen and oxygen atoms in total. The van der Waals surface area contributed by atoms with Crippen LogP contribution in [0.5, 0.6) is 0 Å². The summed E-state index contributed by atoms with van der Waals surface area (Å²) in [7, 11) is 0. The molecule has 2 heterocycles. The average molecular weight is 381 g/mol. The van der Waals surface area contributed by atoms with Crippen LogP contribution in [0.1, 0.15) is 42.9 Å². The molecule has 150 valence electrons. The molecule has 2 atom stereocenters. The van der Waals surface area contributed by atoms with Crippen LogP contribution in [0.2, 0.25) is 0 Å². The molecule has 0 bridgehead atoms. The predicted octanol–water partition coefficient (Wildman–Crippen LogP) is 3.09. The van der Waals surface area contributed by atoms with E-state index in [1.54, 1.807) is 6.92 Å². The van der Waals surface area contributed by atoms with E-state index in [0.717, 1.165) is 58.3 Å². The molecule has 1 fully saturated rings. The van der Waals surface area contributed by atoms with E-state index in [9.17, 15) is 9.90 Å². The molecule has 0 radical (unpaired) electrons. The summed E-state index contributed by atoms with van der Waals surface area (Å²) in [5.41, 5.74) is 5.49.